The van der Waals surface area contributed by atoms with Crippen LogP contribution in [0.4, 0.5) is 0 Å². The van der Waals surface area contributed by atoms with Gasteiger partial charge in [-0.2, -0.15) is 0 Å². The molecule has 6 heteroatoms. The first-order valence-corrected chi connectivity index (χ1v) is 10.8. The van der Waals surface area contributed by atoms with Gasteiger partial charge in [-0.1, -0.05) is 61.0 Å². The van der Waals surface area contributed by atoms with Crippen molar-refractivity contribution in [1.29, 1.82) is 0 Å². The van der Waals surface area contributed by atoms with Gasteiger partial charge in [0.2, 0.25) is 0 Å². The molecule has 0 unspecified atom stereocenters. The molecule has 1 aliphatic rings. The van der Waals surface area contributed by atoms with Crippen LogP contribution in [0.1, 0.15) is 42.3 Å². The number of rotatable bonds is 4. The lowest BCUT2D eigenvalue weighted by Gasteiger charge is -2.28. The van der Waals surface area contributed by atoms with E-state index in [-0.39, 0.29) is 22.9 Å². The number of ether oxygens (including phenoxy) is 1. The van der Waals surface area contributed by atoms with Gasteiger partial charge in [0.05, 0.1) is 13.2 Å². The summed E-state index contributed by atoms with van der Waals surface area (Å²) in [4.78, 5) is 27.7. The van der Waals surface area contributed by atoms with Crippen molar-refractivity contribution in [1.82, 2.24) is 10.2 Å². The van der Waals surface area contributed by atoms with Gasteiger partial charge in [0.1, 0.15) is 5.70 Å². The van der Waals surface area contributed by atoms with Crippen molar-refractivity contribution in [2.24, 2.45) is 0 Å². The number of hydrogen-bond acceptors (Lipinski definition) is 3. The zero-order valence-electron chi connectivity index (χ0n) is 17.6. The largest absolute Gasteiger partial charge is 0.378 e. The van der Waals surface area contributed by atoms with E-state index in [4.69, 9.17) is 4.74 Å². The maximum Gasteiger partial charge on any atom is 0.270 e. The minimum absolute atomic E-state index is 0.00789. The Labute approximate surface area is 186 Å². The normalized spacial score (nSPS) is 15.1. The highest BCUT2D eigenvalue weighted by Gasteiger charge is 2.23. The van der Waals surface area contributed by atoms with E-state index in [1.54, 1.807) is 23.1 Å². The highest BCUT2D eigenvalue weighted by Crippen LogP contribution is 2.22. The summed E-state index contributed by atoms with van der Waals surface area (Å²) in [6.07, 6.45) is 1.71. The summed E-state index contributed by atoms with van der Waals surface area (Å²) in [5, 5.41) is 2.83. The van der Waals surface area contributed by atoms with E-state index < -0.39 is 0 Å². The number of amides is 2. The first-order chi connectivity index (χ1) is 14.2. The van der Waals surface area contributed by atoms with Crippen molar-refractivity contribution in [3.63, 3.8) is 0 Å². The van der Waals surface area contributed by atoms with Gasteiger partial charge < -0.3 is 15.0 Å². The summed E-state index contributed by atoms with van der Waals surface area (Å²) in [5.41, 5.74) is 2.75. The fourth-order valence-electron chi connectivity index (χ4n) is 3.13. The monoisotopic (exact) mass is 470 g/mol. The molecular formula is C24H27BrN2O3. The zero-order chi connectivity index (χ0) is 21.7. The van der Waals surface area contributed by atoms with Crippen molar-refractivity contribution >= 4 is 33.8 Å². The summed E-state index contributed by atoms with van der Waals surface area (Å²) in [6.45, 7) is 8.39. The second kappa shape index (κ2) is 9.58. The standard InChI is InChI=1S/C24H27BrN2O3/c1-24(2,3)19-8-6-18(7-9-19)22(28)26-21(16-17-4-10-20(25)11-5-17)23(29)27-12-14-30-15-13-27/h4-11,16H,12-15H2,1-3H3,(H,26,28). The number of nitrogens with zero attached hydrogens (tertiary/aromatic N) is 1. The van der Waals surface area contributed by atoms with Gasteiger partial charge in [0.15, 0.2) is 0 Å². The van der Waals surface area contributed by atoms with Crippen molar-refractivity contribution in [2.45, 2.75) is 26.2 Å². The second-order valence-electron chi connectivity index (χ2n) is 8.30. The summed E-state index contributed by atoms with van der Waals surface area (Å²) < 4.78 is 6.29. The Morgan fingerprint density at radius 2 is 1.60 bits per heavy atom. The van der Waals surface area contributed by atoms with Gasteiger partial charge in [-0.15, -0.1) is 0 Å². The Balaban J connectivity index is 1.85. The summed E-state index contributed by atoms with van der Waals surface area (Å²) in [6, 6.07) is 15.1. The van der Waals surface area contributed by atoms with Crippen LogP contribution in [0.2, 0.25) is 0 Å². The Bertz CT molecular complexity index is 922. The van der Waals surface area contributed by atoms with E-state index >= 15 is 0 Å². The van der Waals surface area contributed by atoms with Crippen LogP contribution in [0, 0.1) is 0 Å². The van der Waals surface area contributed by atoms with Gasteiger partial charge in [-0.05, 0) is 46.9 Å². The van der Waals surface area contributed by atoms with Crippen LogP contribution in [0.3, 0.4) is 0 Å². The molecule has 1 fully saturated rings. The van der Waals surface area contributed by atoms with Gasteiger partial charge in [0, 0.05) is 23.1 Å². The van der Waals surface area contributed by atoms with Gasteiger partial charge in [-0.25, -0.2) is 0 Å². The fraction of sp³-hybridized carbons (Fsp3) is 0.333. The van der Waals surface area contributed by atoms with E-state index in [0.29, 0.717) is 31.9 Å². The zero-order valence-corrected chi connectivity index (χ0v) is 19.2. The second-order valence-corrected chi connectivity index (χ2v) is 9.21. The Morgan fingerprint density at radius 3 is 2.17 bits per heavy atom. The molecule has 0 saturated carbocycles. The van der Waals surface area contributed by atoms with E-state index in [1.807, 2.05) is 36.4 Å². The summed E-state index contributed by atoms with van der Waals surface area (Å²) in [5.74, 6) is -0.513. The van der Waals surface area contributed by atoms with Crippen LogP contribution in [0.25, 0.3) is 6.08 Å². The molecule has 0 bridgehead atoms. The number of carbonyl (C=O) groups excluding carboxylic acids is 2. The molecule has 3 rings (SSSR count). The molecule has 0 aromatic heterocycles. The highest BCUT2D eigenvalue weighted by molar-refractivity contribution is 9.10. The predicted molar refractivity (Wildman–Crippen MR) is 122 cm³/mol. The lowest BCUT2D eigenvalue weighted by atomic mass is 9.87. The Hall–Kier alpha value is -2.44. The van der Waals surface area contributed by atoms with Crippen LogP contribution in [-0.4, -0.2) is 43.0 Å². The molecule has 0 aliphatic carbocycles. The molecule has 30 heavy (non-hydrogen) atoms. The molecule has 5 nitrogen and oxygen atoms in total. The number of hydrogen-bond donors (Lipinski definition) is 1. The van der Waals surface area contributed by atoms with E-state index in [9.17, 15) is 9.59 Å². The average Bonchev–Trinajstić information content (AvgIpc) is 2.74. The molecule has 0 spiro atoms. The maximum absolute atomic E-state index is 13.1. The molecule has 0 atom stereocenters. The quantitative estimate of drug-likeness (QED) is 0.674. The van der Waals surface area contributed by atoms with Crippen molar-refractivity contribution < 1.29 is 14.3 Å². The SMILES string of the molecule is CC(C)(C)c1ccc(C(=O)NC(=Cc2ccc(Br)cc2)C(=O)N2CCOCC2)cc1. The number of morpholine rings is 1. The first-order valence-electron chi connectivity index (χ1n) is 10.0. The molecule has 2 amide bonds. The topological polar surface area (TPSA) is 58.6 Å². The van der Waals surface area contributed by atoms with E-state index in [2.05, 4.69) is 42.0 Å². The predicted octanol–water partition coefficient (Wildman–Crippen LogP) is 4.38. The van der Waals surface area contributed by atoms with Crippen molar-refractivity contribution in [3.05, 3.63) is 75.4 Å². The van der Waals surface area contributed by atoms with Crippen LogP contribution in [-0.2, 0) is 14.9 Å². The van der Waals surface area contributed by atoms with E-state index in [0.717, 1.165) is 15.6 Å². The van der Waals surface area contributed by atoms with Gasteiger partial charge in [0.25, 0.3) is 11.8 Å². The third kappa shape index (κ3) is 5.80. The highest BCUT2D eigenvalue weighted by atomic mass is 79.9. The molecular weight excluding hydrogens is 444 g/mol. The average molecular weight is 471 g/mol. The number of benzene rings is 2. The first kappa shape index (κ1) is 22.2. The molecule has 2 aromatic carbocycles. The molecule has 1 aliphatic heterocycles. The maximum atomic E-state index is 13.1. The Morgan fingerprint density at radius 1 is 1.00 bits per heavy atom. The minimum Gasteiger partial charge on any atom is -0.378 e. The third-order valence-electron chi connectivity index (χ3n) is 4.97. The number of carbonyl (C=O) groups is 2. The van der Waals surface area contributed by atoms with Crippen molar-refractivity contribution in [3.8, 4) is 0 Å². The summed E-state index contributed by atoms with van der Waals surface area (Å²) in [7, 11) is 0. The van der Waals surface area contributed by atoms with E-state index in [1.165, 1.54) is 0 Å². The fourth-order valence-corrected chi connectivity index (χ4v) is 3.39. The van der Waals surface area contributed by atoms with Crippen LogP contribution in [0.15, 0.2) is 58.7 Å². The number of halogens is 1. The molecule has 2 aromatic rings. The van der Waals surface area contributed by atoms with Gasteiger partial charge in [-0.3, -0.25) is 9.59 Å². The van der Waals surface area contributed by atoms with Crippen LogP contribution < -0.4 is 5.32 Å². The lowest BCUT2D eigenvalue weighted by molar-refractivity contribution is -0.131. The lowest BCUT2D eigenvalue weighted by Crippen LogP contribution is -2.44. The molecule has 0 radical (unpaired) electrons. The van der Waals surface area contributed by atoms with Crippen molar-refractivity contribution in [2.75, 3.05) is 26.3 Å². The van der Waals surface area contributed by atoms with Gasteiger partial charge >= 0.3 is 0 Å². The minimum atomic E-state index is -0.305. The van der Waals surface area contributed by atoms with Crippen LogP contribution in [0.5, 0.6) is 0 Å². The number of nitrogens with one attached hydrogen (secondary N) is 1. The molecule has 1 saturated heterocycles. The molecule has 1 N–H and O–H groups in total. The molecule has 158 valence electrons. The smallest absolute Gasteiger partial charge is 0.270 e. The third-order valence-corrected chi connectivity index (χ3v) is 5.50. The molecule has 1 heterocycles. The van der Waals surface area contributed by atoms with Crippen LogP contribution >= 0.6 is 15.9 Å². The summed E-state index contributed by atoms with van der Waals surface area (Å²) >= 11 is 3.41. The Kier molecular flexibility index (Phi) is 7.10.